The minimum absolute atomic E-state index is 0.175. The zero-order valence-corrected chi connectivity index (χ0v) is 16.6. The standard InChI is InChI=1S/C16H28N2O3S3/c19-16(4-2-1-3-15-5-11-22-23-15)18-9-7-17(8-10-18)14-6-12-24(20,21)13-14/h14-15H,1-13H2/t14-,15+/m0/s1. The smallest absolute Gasteiger partial charge is 0.222 e. The van der Waals surface area contributed by atoms with Crippen molar-refractivity contribution in [1.82, 2.24) is 9.80 Å². The summed E-state index contributed by atoms with van der Waals surface area (Å²) >= 11 is 0. The van der Waals surface area contributed by atoms with Crippen molar-refractivity contribution in [1.29, 1.82) is 0 Å². The van der Waals surface area contributed by atoms with Crippen molar-refractivity contribution in [3.8, 4) is 0 Å². The highest BCUT2D eigenvalue weighted by Crippen LogP contribution is 2.39. The third-order valence-electron chi connectivity index (χ3n) is 5.29. The molecule has 0 aromatic carbocycles. The Labute approximate surface area is 153 Å². The first kappa shape index (κ1) is 18.9. The van der Waals surface area contributed by atoms with Crippen LogP contribution in [0.2, 0.25) is 0 Å². The Morgan fingerprint density at radius 1 is 1.08 bits per heavy atom. The first-order valence-electron chi connectivity index (χ1n) is 9.04. The van der Waals surface area contributed by atoms with Crippen LogP contribution in [0.5, 0.6) is 0 Å². The molecule has 0 aromatic rings. The van der Waals surface area contributed by atoms with Crippen LogP contribution in [0.1, 0.15) is 38.5 Å². The number of carbonyl (C=O) groups is 1. The zero-order valence-electron chi connectivity index (χ0n) is 14.2. The van der Waals surface area contributed by atoms with Gasteiger partial charge in [0.2, 0.25) is 5.91 Å². The van der Waals surface area contributed by atoms with E-state index in [9.17, 15) is 13.2 Å². The SMILES string of the molecule is O=C(CCCC[C@@H]1CCSS1)N1CCN([C@H]2CCS(=O)(=O)C2)CC1. The van der Waals surface area contributed by atoms with Gasteiger partial charge in [0.15, 0.2) is 9.84 Å². The van der Waals surface area contributed by atoms with E-state index >= 15 is 0 Å². The average Bonchev–Trinajstić information content (AvgIpc) is 3.21. The van der Waals surface area contributed by atoms with E-state index in [1.165, 1.54) is 18.6 Å². The van der Waals surface area contributed by atoms with Gasteiger partial charge in [0.25, 0.3) is 0 Å². The number of piperazine rings is 1. The molecular weight excluding hydrogens is 364 g/mol. The fraction of sp³-hybridized carbons (Fsp3) is 0.938. The molecule has 0 aliphatic carbocycles. The number of unbranched alkanes of at least 4 members (excludes halogenated alkanes) is 1. The van der Waals surface area contributed by atoms with Crippen molar-refractivity contribution >= 4 is 37.3 Å². The lowest BCUT2D eigenvalue weighted by Crippen LogP contribution is -2.52. The van der Waals surface area contributed by atoms with Crippen LogP contribution in [0, 0.1) is 0 Å². The summed E-state index contributed by atoms with van der Waals surface area (Å²) in [5.74, 6) is 2.19. The molecule has 3 aliphatic heterocycles. The van der Waals surface area contributed by atoms with Gasteiger partial charge in [-0.05, 0) is 25.7 Å². The van der Waals surface area contributed by atoms with Crippen molar-refractivity contribution in [2.24, 2.45) is 0 Å². The van der Waals surface area contributed by atoms with Crippen molar-refractivity contribution in [3.63, 3.8) is 0 Å². The third kappa shape index (κ3) is 5.29. The van der Waals surface area contributed by atoms with E-state index in [0.29, 0.717) is 17.9 Å². The fourth-order valence-electron chi connectivity index (χ4n) is 3.77. The maximum atomic E-state index is 12.3. The average molecular weight is 393 g/mol. The Kier molecular flexibility index (Phi) is 6.79. The Hall–Kier alpha value is 0.0800. The van der Waals surface area contributed by atoms with Crippen LogP contribution in [0.4, 0.5) is 0 Å². The summed E-state index contributed by atoms with van der Waals surface area (Å²) in [6.07, 6.45) is 6.15. The molecule has 3 saturated heterocycles. The monoisotopic (exact) mass is 392 g/mol. The second kappa shape index (κ2) is 8.64. The molecule has 3 rings (SSSR count). The predicted octanol–water partition coefficient (Wildman–Crippen LogP) is 2.03. The Morgan fingerprint density at radius 2 is 1.88 bits per heavy atom. The highest BCUT2D eigenvalue weighted by molar-refractivity contribution is 8.77. The molecule has 0 aromatic heterocycles. The van der Waals surface area contributed by atoms with Gasteiger partial charge < -0.3 is 4.90 Å². The summed E-state index contributed by atoms with van der Waals surface area (Å²) < 4.78 is 23.2. The molecular formula is C16H28N2O3S3. The molecule has 3 heterocycles. The van der Waals surface area contributed by atoms with Crippen molar-refractivity contribution in [3.05, 3.63) is 0 Å². The topological polar surface area (TPSA) is 57.7 Å². The van der Waals surface area contributed by atoms with Gasteiger partial charge in [-0.1, -0.05) is 28.0 Å². The van der Waals surface area contributed by atoms with Gasteiger partial charge in [-0.3, -0.25) is 9.69 Å². The van der Waals surface area contributed by atoms with Crippen molar-refractivity contribution in [2.45, 2.75) is 49.8 Å². The normalized spacial score (nSPS) is 30.8. The first-order valence-corrected chi connectivity index (χ1v) is 13.2. The second-order valence-electron chi connectivity index (χ2n) is 7.05. The summed E-state index contributed by atoms with van der Waals surface area (Å²) in [6, 6.07) is 0.175. The lowest BCUT2D eigenvalue weighted by atomic mass is 10.1. The van der Waals surface area contributed by atoms with Gasteiger partial charge in [-0.15, -0.1) is 0 Å². The lowest BCUT2D eigenvalue weighted by molar-refractivity contribution is -0.133. The van der Waals surface area contributed by atoms with Gasteiger partial charge in [0, 0.05) is 49.6 Å². The van der Waals surface area contributed by atoms with Crippen LogP contribution in [0.3, 0.4) is 0 Å². The van der Waals surface area contributed by atoms with E-state index in [1.807, 2.05) is 26.5 Å². The summed E-state index contributed by atoms with van der Waals surface area (Å²) in [5, 5.41) is 0.802. The molecule has 0 bridgehead atoms. The van der Waals surface area contributed by atoms with E-state index < -0.39 is 9.84 Å². The molecule has 3 fully saturated rings. The third-order valence-corrected chi connectivity index (χ3v) is 10.0. The molecule has 3 aliphatic rings. The molecule has 5 nitrogen and oxygen atoms in total. The molecule has 0 saturated carbocycles. The maximum absolute atomic E-state index is 12.3. The van der Waals surface area contributed by atoms with Gasteiger partial charge >= 0.3 is 0 Å². The Balaban J connectivity index is 1.31. The minimum atomic E-state index is -2.82. The summed E-state index contributed by atoms with van der Waals surface area (Å²) in [7, 11) is 1.17. The van der Waals surface area contributed by atoms with Crippen LogP contribution in [-0.2, 0) is 14.6 Å². The number of sulfone groups is 1. The lowest BCUT2D eigenvalue weighted by Gasteiger charge is -2.37. The summed E-state index contributed by atoms with van der Waals surface area (Å²) in [4.78, 5) is 16.6. The highest BCUT2D eigenvalue weighted by Gasteiger charge is 2.34. The minimum Gasteiger partial charge on any atom is -0.340 e. The second-order valence-corrected chi connectivity index (χ2v) is 12.1. The van der Waals surface area contributed by atoms with Crippen molar-refractivity contribution in [2.75, 3.05) is 43.4 Å². The molecule has 8 heteroatoms. The predicted molar refractivity (Wildman–Crippen MR) is 102 cm³/mol. The maximum Gasteiger partial charge on any atom is 0.222 e. The highest BCUT2D eigenvalue weighted by atomic mass is 33.1. The van der Waals surface area contributed by atoms with Crippen LogP contribution >= 0.6 is 21.6 Å². The molecule has 0 radical (unpaired) electrons. The number of hydrogen-bond acceptors (Lipinski definition) is 6. The van der Waals surface area contributed by atoms with Gasteiger partial charge in [-0.2, -0.15) is 0 Å². The fourth-order valence-corrected chi connectivity index (χ4v) is 8.56. The van der Waals surface area contributed by atoms with E-state index in [0.717, 1.165) is 50.7 Å². The molecule has 0 spiro atoms. The molecule has 1 amide bonds. The van der Waals surface area contributed by atoms with Crippen LogP contribution in [0.15, 0.2) is 0 Å². The van der Waals surface area contributed by atoms with Crippen LogP contribution < -0.4 is 0 Å². The largest absolute Gasteiger partial charge is 0.340 e. The number of hydrogen-bond donors (Lipinski definition) is 0. The summed E-state index contributed by atoms with van der Waals surface area (Å²) in [6.45, 7) is 3.15. The quantitative estimate of drug-likeness (QED) is 0.509. The number of nitrogens with zero attached hydrogens (tertiary/aromatic N) is 2. The molecule has 138 valence electrons. The Bertz CT molecular complexity index is 527. The molecule has 0 N–H and O–H groups in total. The zero-order chi connectivity index (χ0) is 17.0. The van der Waals surface area contributed by atoms with Crippen LogP contribution in [-0.4, -0.2) is 78.9 Å². The molecule has 0 unspecified atom stereocenters. The molecule has 24 heavy (non-hydrogen) atoms. The number of amides is 1. The molecule has 2 atom stereocenters. The summed E-state index contributed by atoms with van der Waals surface area (Å²) in [5.41, 5.74) is 0. The number of carbonyl (C=O) groups excluding carboxylic acids is 1. The van der Waals surface area contributed by atoms with E-state index in [2.05, 4.69) is 4.90 Å². The van der Waals surface area contributed by atoms with Crippen LogP contribution in [0.25, 0.3) is 0 Å². The van der Waals surface area contributed by atoms with Gasteiger partial charge in [0.05, 0.1) is 11.5 Å². The van der Waals surface area contributed by atoms with E-state index in [-0.39, 0.29) is 11.9 Å². The van der Waals surface area contributed by atoms with Crippen molar-refractivity contribution < 1.29 is 13.2 Å². The van der Waals surface area contributed by atoms with Gasteiger partial charge in [0.1, 0.15) is 0 Å². The number of rotatable bonds is 6. The first-order chi connectivity index (χ1) is 11.5. The van der Waals surface area contributed by atoms with E-state index in [1.54, 1.807) is 0 Å². The van der Waals surface area contributed by atoms with Gasteiger partial charge in [-0.25, -0.2) is 8.42 Å². The van der Waals surface area contributed by atoms with E-state index in [4.69, 9.17) is 0 Å². The Morgan fingerprint density at radius 3 is 2.50 bits per heavy atom.